The summed E-state index contributed by atoms with van der Waals surface area (Å²) >= 11 is 0. The van der Waals surface area contributed by atoms with Crippen LogP contribution in [0, 0.1) is 5.92 Å². The lowest BCUT2D eigenvalue weighted by Crippen LogP contribution is -2.28. The Morgan fingerprint density at radius 3 is 2.73 bits per heavy atom. The minimum absolute atomic E-state index is 0.671. The molecule has 2 nitrogen and oxygen atoms in total. The van der Waals surface area contributed by atoms with E-state index in [9.17, 15) is 0 Å². The molecule has 1 aliphatic rings. The number of rotatable bonds is 3. The van der Waals surface area contributed by atoms with Crippen molar-refractivity contribution in [3.05, 3.63) is 0 Å². The summed E-state index contributed by atoms with van der Waals surface area (Å²) in [5.41, 5.74) is 0. The number of hydrogen-bond donors (Lipinski definition) is 0. The third kappa shape index (κ3) is 1.73. The Hall–Kier alpha value is -0.530. The van der Waals surface area contributed by atoms with Gasteiger partial charge in [0.1, 0.15) is 0 Å². The molecule has 2 heteroatoms. The maximum absolute atomic E-state index is 4.30. The lowest BCUT2D eigenvalue weighted by atomic mass is 9.96. The quantitative estimate of drug-likeness (QED) is 0.608. The van der Waals surface area contributed by atoms with E-state index in [0.717, 1.165) is 0 Å². The molecular formula is C9H18N2. The van der Waals surface area contributed by atoms with Gasteiger partial charge in [0.2, 0.25) is 0 Å². The first-order chi connectivity index (χ1) is 5.29. The molecule has 0 aromatic rings. The highest BCUT2D eigenvalue weighted by molar-refractivity contribution is 5.63. The van der Waals surface area contributed by atoms with Gasteiger partial charge >= 0.3 is 0 Å². The van der Waals surface area contributed by atoms with Gasteiger partial charge in [-0.1, -0.05) is 20.3 Å². The topological polar surface area (TPSA) is 15.6 Å². The molecule has 1 aliphatic heterocycles. The molecule has 11 heavy (non-hydrogen) atoms. The second kappa shape index (κ2) is 3.74. The minimum Gasteiger partial charge on any atom is -0.297 e. The second-order valence-electron chi connectivity index (χ2n) is 3.27. The van der Waals surface area contributed by atoms with Gasteiger partial charge < -0.3 is 0 Å². The second-order valence-corrected chi connectivity index (χ2v) is 3.27. The molecule has 0 aliphatic carbocycles. The van der Waals surface area contributed by atoms with Crippen molar-refractivity contribution in [1.29, 1.82) is 0 Å². The summed E-state index contributed by atoms with van der Waals surface area (Å²) in [5, 5.41) is 6.41. The van der Waals surface area contributed by atoms with Crippen molar-refractivity contribution in [2.45, 2.75) is 39.2 Å². The van der Waals surface area contributed by atoms with Crippen LogP contribution in [0.2, 0.25) is 0 Å². The van der Waals surface area contributed by atoms with Gasteiger partial charge in [-0.15, -0.1) is 0 Å². The Morgan fingerprint density at radius 1 is 1.45 bits per heavy atom. The number of nitrogens with zero attached hydrogens (tertiary/aromatic N) is 2. The predicted molar refractivity (Wildman–Crippen MR) is 48.7 cm³/mol. The summed E-state index contributed by atoms with van der Waals surface area (Å²) < 4.78 is 0. The van der Waals surface area contributed by atoms with Gasteiger partial charge in [0, 0.05) is 19.2 Å². The van der Waals surface area contributed by atoms with E-state index in [1.165, 1.54) is 19.3 Å². The fraction of sp³-hybridized carbons (Fsp3) is 0.889. The zero-order valence-corrected chi connectivity index (χ0v) is 7.75. The Labute approximate surface area is 69.3 Å². The predicted octanol–water partition coefficient (Wildman–Crippen LogP) is 2.11. The van der Waals surface area contributed by atoms with Gasteiger partial charge in [-0.25, -0.2) is 0 Å². The van der Waals surface area contributed by atoms with Crippen molar-refractivity contribution in [1.82, 2.24) is 5.01 Å². The molecular weight excluding hydrogens is 136 g/mol. The van der Waals surface area contributed by atoms with Crippen LogP contribution in [-0.2, 0) is 0 Å². The van der Waals surface area contributed by atoms with E-state index in [2.05, 4.69) is 37.2 Å². The first-order valence-electron chi connectivity index (χ1n) is 4.56. The molecule has 0 amide bonds. The monoisotopic (exact) mass is 154 g/mol. The van der Waals surface area contributed by atoms with Crippen LogP contribution in [0.1, 0.15) is 33.1 Å². The van der Waals surface area contributed by atoms with E-state index < -0.39 is 0 Å². The molecule has 0 saturated heterocycles. The average molecular weight is 154 g/mol. The van der Waals surface area contributed by atoms with Gasteiger partial charge in [-0.2, -0.15) is 5.10 Å². The van der Waals surface area contributed by atoms with Gasteiger partial charge in [-0.3, -0.25) is 5.01 Å². The lowest BCUT2D eigenvalue weighted by Gasteiger charge is -2.22. The van der Waals surface area contributed by atoms with Crippen LogP contribution < -0.4 is 0 Å². The molecule has 1 heterocycles. The first kappa shape index (κ1) is 8.57. The van der Waals surface area contributed by atoms with Crippen LogP contribution in [0.3, 0.4) is 0 Å². The summed E-state index contributed by atoms with van der Waals surface area (Å²) in [5.74, 6) is 0.694. The minimum atomic E-state index is 0.671. The Bertz CT molecular complexity index is 142. The summed E-state index contributed by atoms with van der Waals surface area (Å²) in [6.07, 6.45) is 5.85. The average Bonchev–Trinajstić information content (AvgIpc) is 2.34. The Kier molecular flexibility index (Phi) is 2.92. The third-order valence-corrected chi connectivity index (χ3v) is 2.47. The molecule has 2 unspecified atom stereocenters. The summed E-state index contributed by atoms with van der Waals surface area (Å²) in [6.45, 7) is 4.47. The van der Waals surface area contributed by atoms with Crippen LogP contribution >= 0.6 is 0 Å². The van der Waals surface area contributed by atoms with Gasteiger partial charge in [0.25, 0.3) is 0 Å². The molecule has 0 fully saturated rings. The number of hydrazone groups is 1. The van der Waals surface area contributed by atoms with Crippen LogP contribution in [-0.4, -0.2) is 24.3 Å². The fourth-order valence-electron chi connectivity index (χ4n) is 1.73. The lowest BCUT2D eigenvalue weighted by molar-refractivity contribution is 0.229. The van der Waals surface area contributed by atoms with E-state index in [1.54, 1.807) is 0 Å². The fourth-order valence-corrected chi connectivity index (χ4v) is 1.73. The van der Waals surface area contributed by atoms with E-state index in [1.807, 2.05) is 0 Å². The normalized spacial score (nSPS) is 29.9. The van der Waals surface area contributed by atoms with Crippen molar-refractivity contribution in [3.8, 4) is 0 Å². The molecule has 0 radical (unpaired) electrons. The van der Waals surface area contributed by atoms with Crippen molar-refractivity contribution in [2.24, 2.45) is 11.0 Å². The van der Waals surface area contributed by atoms with E-state index in [-0.39, 0.29) is 0 Å². The first-order valence-corrected chi connectivity index (χ1v) is 4.56. The highest BCUT2D eigenvalue weighted by Gasteiger charge is 2.25. The molecule has 0 aromatic heterocycles. The molecule has 0 saturated carbocycles. The molecule has 1 rings (SSSR count). The number of hydrogen-bond acceptors (Lipinski definition) is 2. The SMILES string of the molecule is CCCC1C(CC)C=NN1C. The van der Waals surface area contributed by atoms with E-state index in [0.29, 0.717) is 12.0 Å². The van der Waals surface area contributed by atoms with Gasteiger partial charge in [-0.05, 0) is 12.8 Å². The van der Waals surface area contributed by atoms with Crippen LogP contribution in [0.5, 0.6) is 0 Å². The molecule has 64 valence electrons. The van der Waals surface area contributed by atoms with E-state index in [4.69, 9.17) is 0 Å². The maximum atomic E-state index is 4.30. The summed E-state index contributed by atoms with van der Waals surface area (Å²) in [7, 11) is 2.08. The van der Waals surface area contributed by atoms with Crippen molar-refractivity contribution >= 4 is 6.21 Å². The highest BCUT2D eigenvalue weighted by Crippen LogP contribution is 2.22. The Morgan fingerprint density at radius 2 is 2.18 bits per heavy atom. The maximum Gasteiger partial charge on any atom is 0.0545 e. The van der Waals surface area contributed by atoms with Crippen molar-refractivity contribution in [2.75, 3.05) is 7.05 Å². The molecule has 0 aromatic carbocycles. The molecule has 2 atom stereocenters. The summed E-state index contributed by atoms with van der Waals surface area (Å²) in [4.78, 5) is 0. The van der Waals surface area contributed by atoms with Crippen LogP contribution in [0.4, 0.5) is 0 Å². The highest BCUT2D eigenvalue weighted by atomic mass is 15.5. The van der Waals surface area contributed by atoms with Gasteiger partial charge in [0.15, 0.2) is 0 Å². The van der Waals surface area contributed by atoms with Crippen molar-refractivity contribution in [3.63, 3.8) is 0 Å². The van der Waals surface area contributed by atoms with Crippen LogP contribution in [0.15, 0.2) is 5.10 Å². The zero-order chi connectivity index (χ0) is 8.27. The molecule has 0 spiro atoms. The van der Waals surface area contributed by atoms with Gasteiger partial charge in [0.05, 0.1) is 6.04 Å². The van der Waals surface area contributed by atoms with Crippen molar-refractivity contribution < 1.29 is 0 Å². The summed E-state index contributed by atoms with van der Waals surface area (Å²) in [6, 6.07) is 0.671. The largest absolute Gasteiger partial charge is 0.297 e. The molecule has 0 N–H and O–H groups in total. The third-order valence-electron chi connectivity index (χ3n) is 2.47. The van der Waals surface area contributed by atoms with E-state index >= 15 is 0 Å². The van der Waals surface area contributed by atoms with Crippen LogP contribution in [0.25, 0.3) is 0 Å². The zero-order valence-electron chi connectivity index (χ0n) is 7.75. The molecule has 0 bridgehead atoms. The smallest absolute Gasteiger partial charge is 0.0545 e. The Balaban J connectivity index is 2.47. The standard InChI is InChI=1S/C9H18N2/c1-4-6-9-8(5-2)7-10-11(9)3/h7-9H,4-6H2,1-3H3.